The van der Waals surface area contributed by atoms with Gasteiger partial charge in [0.25, 0.3) is 0 Å². The monoisotopic (exact) mass is 272 g/mol. The molecule has 0 aliphatic carbocycles. The Labute approximate surface area is 110 Å². The third kappa shape index (κ3) is 3.79. The summed E-state index contributed by atoms with van der Waals surface area (Å²) in [5.41, 5.74) is 0.863. The number of hydrogen-bond acceptors (Lipinski definition) is 2. The number of carbonyl (C=O) groups is 1. The van der Waals surface area contributed by atoms with Crippen molar-refractivity contribution in [3.05, 3.63) is 28.2 Å². The molecule has 1 fully saturated rings. The molecule has 0 saturated carbocycles. The summed E-state index contributed by atoms with van der Waals surface area (Å²) in [5.74, 6) is 0.0909. The van der Waals surface area contributed by atoms with Crippen LogP contribution in [0.4, 0.5) is 5.69 Å². The Hall–Kier alpha value is -0.930. The van der Waals surface area contributed by atoms with Crippen molar-refractivity contribution in [1.29, 1.82) is 0 Å². The smallest absolute Gasteiger partial charge is 0.222 e. The van der Waals surface area contributed by atoms with E-state index in [-0.39, 0.29) is 11.9 Å². The molecule has 0 aromatic heterocycles. The van der Waals surface area contributed by atoms with Crippen LogP contribution in [0.5, 0.6) is 0 Å². The molecule has 1 aromatic carbocycles. The van der Waals surface area contributed by atoms with E-state index < -0.39 is 0 Å². The van der Waals surface area contributed by atoms with Gasteiger partial charge in [0.15, 0.2) is 0 Å². The van der Waals surface area contributed by atoms with E-state index in [0.29, 0.717) is 16.5 Å². The van der Waals surface area contributed by atoms with Gasteiger partial charge in [0.1, 0.15) is 0 Å². The Morgan fingerprint density at radius 3 is 2.65 bits per heavy atom. The SMILES string of the molecule is O=C1CC(Nc2cc(Cl)cc(Cl)c2)CCCN1. The minimum absolute atomic E-state index is 0.0909. The van der Waals surface area contributed by atoms with Crippen molar-refractivity contribution in [2.45, 2.75) is 25.3 Å². The summed E-state index contributed by atoms with van der Waals surface area (Å²) >= 11 is 11.8. The molecule has 1 aliphatic heterocycles. The fourth-order valence-electron chi connectivity index (χ4n) is 1.97. The maximum Gasteiger partial charge on any atom is 0.222 e. The van der Waals surface area contributed by atoms with Gasteiger partial charge in [-0.25, -0.2) is 0 Å². The normalized spacial score (nSPS) is 20.6. The van der Waals surface area contributed by atoms with Gasteiger partial charge in [-0.1, -0.05) is 23.2 Å². The highest BCUT2D eigenvalue weighted by Gasteiger charge is 2.17. The van der Waals surface area contributed by atoms with Gasteiger partial charge in [-0.15, -0.1) is 0 Å². The molecule has 1 unspecified atom stereocenters. The second-order valence-corrected chi connectivity index (χ2v) is 5.07. The summed E-state index contributed by atoms with van der Waals surface area (Å²) < 4.78 is 0. The van der Waals surface area contributed by atoms with E-state index in [0.717, 1.165) is 25.1 Å². The van der Waals surface area contributed by atoms with E-state index in [2.05, 4.69) is 10.6 Å². The van der Waals surface area contributed by atoms with Crippen LogP contribution in [0.1, 0.15) is 19.3 Å². The Bertz CT molecular complexity index is 403. The molecule has 0 bridgehead atoms. The number of rotatable bonds is 2. The van der Waals surface area contributed by atoms with E-state index >= 15 is 0 Å². The Morgan fingerprint density at radius 1 is 1.24 bits per heavy atom. The zero-order valence-corrected chi connectivity index (χ0v) is 10.8. The first-order valence-electron chi connectivity index (χ1n) is 5.63. The van der Waals surface area contributed by atoms with Gasteiger partial charge in [0.2, 0.25) is 5.91 Å². The van der Waals surface area contributed by atoms with Crippen molar-refractivity contribution in [2.24, 2.45) is 0 Å². The lowest BCUT2D eigenvalue weighted by atomic mass is 10.1. The molecule has 1 amide bonds. The number of hydrogen-bond donors (Lipinski definition) is 2. The van der Waals surface area contributed by atoms with E-state index in [1.807, 2.05) is 12.1 Å². The largest absolute Gasteiger partial charge is 0.382 e. The number of benzene rings is 1. The molecular weight excluding hydrogens is 259 g/mol. The zero-order chi connectivity index (χ0) is 12.3. The van der Waals surface area contributed by atoms with E-state index in [1.54, 1.807) is 6.07 Å². The summed E-state index contributed by atoms with van der Waals surface area (Å²) in [6, 6.07) is 5.47. The van der Waals surface area contributed by atoms with E-state index in [4.69, 9.17) is 23.2 Å². The fourth-order valence-corrected chi connectivity index (χ4v) is 2.50. The summed E-state index contributed by atoms with van der Waals surface area (Å²) in [6.07, 6.45) is 2.44. The van der Waals surface area contributed by atoms with Crippen LogP contribution in [0.15, 0.2) is 18.2 Å². The van der Waals surface area contributed by atoms with Crippen LogP contribution in [-0.2, 0) is 4.79 Å². The number of nitrogens with one attached hydrogen (secondary N) is 2. The van der Waals surface area contributed by atoms with Gasteiger partial charge in [0, 0.05) is 34.7 Å². The third-order valence-electron chi connectivity index (χ3n) is 2.72. The molecule has 1 saturated heterocycles. The molecular formula is C12H14Cl2N2O. The Kier molecular flexibility index (Phi) is 4.13. The molecule has 1 atom stereocenters. The minimum atomic E-state index is 0.0909. The fraction of sp³-hybridized carbons (Fsp3) is 0.417. The number of amides is 1. The molecule has 1 aromatic rings. The van der Waals surface area contributed by atoms with Crippen molar-refractivity contribution in [2.75, 3.05) is 11.9 Å². The first-order chi connectivity index (χ1) is 8.13. The summed E-state index contributed by atoms with van der Waals surface area (Å²) in [6.45, 7) is 0.757. The lowest BCUT2D eigenvalue weighted by Crippen LogP contribution is -2.26. The van der Waals surface area contributed by atoms with Crippen molar-refractivity contribution in [3.8, 4) is 0 Å². The van der Waals surface area contributed by atoms with Crippen LogP contribution in [0.3, 0.4) is 0 Å². The first-order valence-corrected chi connectivity index (χ1v) is 6.38. The second-order valence-electron chi connectivity index (χ2n) is 4.20. The van der Waals surface area contributed by atoms with Crippen LogP contribution in [0.2, 0.25) is 10.0 Å². The molecule has 0 radical (unpaired) electrons. The molecule has 2 rings (SSSR count). The molecule has 3 nitrogen and oxygen atoms in total. The molecule has 5 heteroatoms. The highest BCUT2D eigenvalue weighted by atomic mass is 35.5. The molecule has 2 N–H and O–H groups in total. The third-order valence-corrected chi connectivity index (χ3v) is 3.15. The van der Waals surface area contributed by atoms with Crippen LogP contribution in [0, 0.1) is 0 Å². The summed E-state index contributed by atoms with van der Waals surface area (Å²) in [4.78, 5) is 11.4. The van der Waals surface area contributed by atoms with Crippen molar-refractivity contribution >= 4 is 34.8 Å². The van der Waals surface area contributed by atoms with Gasteiger partial charge in [-0.3, -0.25) is 4.79 Å². The van der Waals surface area contributed by atoms with Crippen LogP contribution in [0.25, 0.3) is 0 Å². The highest BCUT2D eigenvalue weighted by Crippen LogP contribution is 2.24. The zero-order valence-electron chi connectivity index (χ0n) is 9.30. The minimum Gasteiger partial charge on any atom is -0.382 e. The van der Waals surface area contributed by atoms with Crippen LogP contribution < -0.4 is 10.6 Å². The van der Waals surface area contributed by atoms with Gasteiger partial charge >= 0.3 is 0 Å². The van der Waals surface area contributed by atoms with Crippen LogP contribution >= 0.6 is 23.2 Å². The standard InChI is InChI=1S/C12H14Cl2N2O/c13-8-4-9(14)6-11(5-8)16-10-2-1-3-15-12(17)7-10/h4-6,10,16H,1-3,7H2,(H,15,17). The lowest BCUT2D eigenvalue weighted by Gasteiger charge is -2.17. The van der Waals surface area contributed by atoms with E-state index in [9.17, 15) is 4.79 Å². The predicted molar refractivity (Wildman–Crippen MR) is 70.7 cm³/mol. The maximum atomic E-state index is 11.4. The highest BCUT2D eigenvalue weighted by molar-refractivity contribution is 6.35. The van der Waals surface area contributed by atoms with Gasteiger partial charge in [-0.2, -0.15) is 0 Å². The summed E-state index contributed by atoms with van der Waals surface area (Å²) in [5, 5.41) is 7.35. The molecule has 17 heavy (non-hydrogen) atoms. The first kappa shape index (κ1) is 12.5. The van der Waals surface area contributed by atoms with Crippen molar-refractivity contribution in [3.63, 3.8) is 0 Å². The van der Waals surface area contributed by atoms with Gasteiger partial charge in [-0.05, 0) is 31.0 Å². The lowest BCUT2D eigenvalue weighted by molar-refractivity contribution is -0.120. The van der Waals surface area contributed by atoms with Crippen LogP contribution in [-0.4, -0.2) is 18.5 Å². The van der Waals surface area contributed by atoms with Crippen molar-refractivity contribution in [1.82, 2.24) is 5.32 Å². The maximum absolute atomic E-state index is 11.4. The quantitative estimate of drug-likeness (QED) is 0.869. The van der Waals surface area contributed by atoms with E-state index in [1.165, 1.54) is 0 Å². The molecule has 1 aliphatic rings. The topological polar surface area (TPSA) is 41.1 Å². The summed E-state index contributed by atoms with van der Waals surface area (Å²) in [7, 11) is 0. The number of carbonyl (C=O) groups excluding carboxylic acids is 1. The van der Waals surface area contributed by atoms with Crippen molar-refractivity contribution < 1.29 is 4.79 Å². The molecule has 0 spiro atoms. The predicted octanol–water partition coefficient (Wildman–Crippen LogP) is 3.07. The Morgan fingerprint density at radius 2 is 1.94 bits per heavy atom. The second kappa shape index (κ2) is 5.61. The molecule has 92 valence electrons. The molecule has 1 heterocycles. The average molecular weight is 273 g/mol. The Balaban J connectivity index is 2.06. The van der Waals surface area contributed by atoms with Gasteiger partial charge in [0.05, 0.1) is 0 Å². The van der Waals surface area contributed by atoms with Gasteiger partial charge < -0.3 is 10.6 Å². The average Bonchev–Trinajstić information content (AvgIpc) is 2.41. The number of anilines is 1. The number of halogens is 2.